The fourth-order valence-corrected chi connectivity index (χ4v) is 3.84. The summed E-state index contributed by atoms with van der Waals surface area (Å²) in [6.45, 7) is 0. The molecule has 0 saturated heterocycles. The molecule has 0 bridgehead atoms. The highest BCUT2D eigenvalue weighted by molar-refractivity contribution is 14.1. The average molecular weight is 290 g/mol. The molecule has 0 aliphatic heterocycles. The molecule has 2 aliphatic rings. The van der Waals surface area contributed by atoms with Crippen molar-refractivity contribution in [3.8, 4) is 0 Å². The second kappa shape index (κ2) is 4.81. The Morgan fingerprint density at radius 3 is 3.08 bits per heavy atom. The Morgan fingerprint density at radius 2 is 2.23 bits per heavy atom. The van der Waals surface area contributed by atoms with Crippen molar-refractivity contribution in [2.24, 2.45) is 11.8 Å². The fraction of sp³-hybridized carbons (Fsp3) is 0.833. The normalized spacial score (nSPS) is 33.8. The summed E-state index contributed by atoms with van der Waals surface area (Å²) in [5.41, 5.74) is 1.83. The highest BCUT2D eigenvalue weighted by atomic mass is 127. The van der Waals surface area contributed by atoms with Gasteiger partial charge in [-0.1, -0.05) is 34.2 Å². The largest absolute Gasteiger partial charge is 0.0864 e. The quantitative estimate of drug-likeness (QED) is 0.403. The lowest BCUT2D eigenvalue weighted by atomic mass is 9.70. The molecule has 0 aromatic carbocycles. The van der Waals surface area contributed by atoms with Gasteiger partial charge < -0.3 is 0 Å². The Balaban J connectivity index is 2.04. The standard InChI is InChI=1S/C12H19I/c13-9-8-11-6-3-5-10-4-1-2-7-12(10)11/h4,11-12H,1-3,5-9H2. The van der Waals surface area contributed by atoms with Gasteiger partial charge in [-0.2, -0.15) is 0 Å². The zero-order valence-electron chi connectivity index (χ0n) is 8.27. The molecule has 0 N–H and O–H groups in total. The van der Waals surface area contributed by atoms with E-state index >= 15 is 0 Å². The summed E-state index contributed by atoms with van der Waals surface area (Å²) >= 11 is 2.53. The number of halogens is 1. The molecule has 1 heteroatoms. The fourth-order valence-electron chi connectivity index (χ4n) is 3.04. The molecule has 2 rings (SSSR count). The summed E-state index contributed by atoms with van der Waals surface area (Å²) < 4.78 is 1.35. The average Bonchev–Trinajstić information content (AvgIpc) is 2.19. The monoisotopic (exact) mass is 290 g/mol. The van der Waals surface area contributed by atoms with E-state index in [2.05, 4.69) is 28.7 Å². The Hall–Kier alpha value is 0.470. The van der Waals surface area contributed by atoms with E-state index in [9.17, 15) is 0 Å². The van der Waals surface area contributed by atoms with Crippen LogP contribution in [0.1, 0.15) is 44.9 Å². The maximum Gasteiger partial charge on any atom is -0.000188 e. The molecule has 0 nitrogen and oxygen atoms in total. The van der Waals surface area contributed by atoms with Crippen molar-refractivity contribution < 1.29 is 0 Å². The summed E-state index contributed by atoms with van der Waals surface area (Å²) in [6, 6.07) is 0. The van der Waals surface area contributed by atoms with Gasteiger partial charge in [0.15, 0.2) is 0 Å². The van der Waals surface area contributed by atoms with Crippen LogP contribution in [-0.2, 0) is 0 Å². The van der Waals surface area contributed by atoms with Crippen LogP contribution in [0, 0.1) is 11.8 Å². The molecule has 0 radical (unpaired) electrons. The van der Waals surface area contributed by atoms with Crippen molar-refractivity contribution >= 4 is 22.6 Å². The molecule has 2 aliphatic carbocycles. The van der Waals surface area contributed by atoms with E-state index in [1.807, 2.05) is 5.57 Å². The molecule has 0 heterocycles. The van der Waals surface area contributed by atoms with Crippen molar-refractivity contribution in [1.29, 1.82) is 0 Å². The SMILES string of the molecule is ICCC1CCCC2=CCCCC21. The third kappa shape index (κ3) is 2.28. The number of allylic oxidation sites excluding steroid dienone is 2. The van der Waals surface area contributed by atoms with Crippen LogP contribution in [0.4, 0.5) is 0 Å². The van der Waals surface area contributed by atoms with E-state index in [1.165, 1.54) is 49.4 Å². The lowest BCUT2D eigenvalue weighted by Gasteiger charge is -2.36. The Labute approximate surface area is 95.3 Å². The van der Waals surface area contributed by atoms with Crippen LogP contribution in [0.15, 0.2) is 11.6 Å². The van der Waals surface area contributed by atoms with Crippen LogP contribution in [0.25, 0.3) is 0 Å². The Kier molecular flexibility index (Phi) is 3.70. The molecular weight excluding hydrogens is 271 g/mol. The topological polar surface area (TPSA) is 0 Å². The summed E-state index contributed by atoms with van der Waals surface area (Å²) in [4.78, 5) is 0. The predicted molar refractivity (Wildman–Crippen MR) is 66.3 cm³/mol. The Morgan fingerprint density at radius 1 is 1.31 bits per heavy atom. The van der Waals surface area contributed by atoms with Gasteiger partial charge in [-0.15, -0.1) is 0 Å². The van der Waals surface area contributed by atoms with Crippen LogP contribution in [0.2, 0.25) is 0 Å². The number of hydrogen-bond acceptors (Lipinski definition) is 0. The molecule has 13 heavy (non-hydrogen) atoms. The minimum atomic E-state index is 0.997. The van der Waals surface area contributed by atoms with Gasteiger partial charge in [0.25, 0.3) is 0 Å². The van der Waals surface area contributed by atoms with Gasteiger partial charge in [0.2, 0.25) is 0 Å². The number of fused-ring (bicyclic) bond motifs is 1. The number of alkyl halides is 1. The van der Waals surface area contributed by atoms with E-state index in [1.54, 1.807) is 0 Å². The van der Waals surface area contributed by atoms with E-state index < -0.39 is 0 Å². The van der Waals surface area contributed by atoms with Crippen LogP contribution in [0.5, 0.6) is 0 Å². The highest BCUT2D eigenvalue weighted by Gasteiger charge is 2.29. The molecule has 0 spiro atoms. The van der Waals surface area contributed by atoms with Crippen LogP contribution >= 0.6 is 22.6 Å². The van der Waals surface area contributed by atoms with Crippen molar-refractivity contribution in [2.45, 2.75) is 44.9 Å². The van der Waals surface area contributed by atoms with Crippen molar-refractivity contribution in [1.82, 2.24) is 0 Å². The second-order valence-corrected chi connectivity index (χ2v) is 5.53. The molecule has 2 unspecified atom stereocenters. The second-order valence-electron chi connectivity index (χ2n) is 4.45. The van der Waals surface area contributed by atoms with Crippen molar-refractivity contribution in [2.75, 3.05) is 4.43 Å². The highest BCUT2D eigenvalue weighted by Crippen LogP contribution is 2.42. The van der Waals surface area contributed by atoms with Gasteiger partial charge in [-0.3, -0.25) is 0 Å². The van der Waals surface area contributed by atoms with Gasteiger partial charge in [0.05, 0.1) is 0 Å². The minimum Gasteiger partial charge on any atom is -0.0864 e. The molecule has 1 fully saturated rings. The van der Waals surface area contributed by atoms with Crippen molar-refractivity contribution in [3.05, 3.63) is 11.6 Å². The zero-order chi connectivity index (χ0) is 9.10. The lowest BCUT2D eigenvalue weighted by molar-refractivity contribution is 0.269. The predicted octanol–water partition coefficient (Wildman–Crippen LogP) is 4.34. The van der Waals surface area contributed by atoms with E-state index in [0.29, 0.717) is 0 Å². The summed E-state index contributed by atoms with van der Waals surface area (Å²) in [5, 5.41) is 0. The van der Waals surface area contributed by atoms with Gasteiger partial charge in [0.1, 0.15) is 0 Å². The molecule has 0 amide bonds. The van der Waals surface area contributed by atoms with E-state index in [-0.39, 0.29) is 0 Å². The summed E-state index contributed by atoms with van der Waals surface area (Å²) in [6.07, 6.45) is 12.7. The molecule has 2 atom stereocenters. The lowest BCUT2D eigenvalue weighted by Crippen LogP contribution is -2.24. The first kappa shape index (κ1) is 10.0. The zero-order valence-corrected chi connectivity index (χ0v) is 10.4. The molecule has 74 valence electrons. The first-order valence-corrected chi connectivity index (χ1v) is 7.19. The first-order valence-electron chi connectivity index (χ1n) is 5.66. The first-order chi connectivity index (χ1) is 6.42. The molecule has 0 aromatic heterocycles. The Bertz CT molecular complexity index is 193. The van der Waals surface area contributed by atoms with E-state index in [4.69, 9.17) is 0 Å². The molecule has 0 aromatic rings. The maximum atomic E-state index is 2.55. The van der Waals surface area contributed by atoms with Gasteiger partial charge in [0, 0.05) is 0 Å². The smallest absolute Gasteiger partial charge is 0.000188 e. The van der Waals surface area contributed by atoms with Crippen LogP contribution in [0.3, 0.4) is 0 Å². The number of rotatable bonds is 2. The van der Waals surface area contributed by atoms with Gasteiger partial charge in [-0.05, 0) is 61.2 Å². The van der Waals surface area contributed by atoms with Crippen molar-refractivity contribution in [3.63, 3.8) is 0 Å². The maximum absolute atomic E-state index is 2.55. The third-order valence-electron chi connectivity index (χ3n) is 3.69. The molecule has 1 saturated carbocycles. The summed E-state index contributed by atoms with van der Waals surface area (Å²) in [7, 11) is 0. The summed E-state index contributed by atoms with van der Waals surface area (Å²) in [5.74, 6) is 2.04. The third-order valence-corrected chi connectivity index (χ3v) is 4.31. The van der Waals surface area contributed by atoms with Gasteiger partial charge in [-0.25, -0.2) is 0 Å². The molecular formula is C12H19I. The minimum absolute atomic E-state index is 0.997. The van der Waals surface area contributed by atoms with Gasteiger partial charge >= 0.3 is 0 Å². The number of hydrogen-bond donors (Lipinski definition) is 0. The van der Waals surface area contributed by atoms with Crippen LogP contribution in [-0.4, -0.2) is 4.43 Å². The van der Waals surface area contributed by atoms with E-state index in [0.717, 1.165) is 11.8 Å². The van der Waals surface area contributed by atoms with Crippen LogP contribution < -0.4 is 0 Å².